The molecule has 2 heterocycles. The number of imidazole rings is 1. The van der Waals surface area contributed by atoms with Gasteiger partial charge < -0.3 is 20.1 Å². The van der Waals surface area contributed by atoms with Gasteiger partial charge in [0, 0.05) is 27.7 Å². The number of aromatic nitrogens is 4. The maximum absolute atomic E-state index is 12.2. The average Bonchev–Trinajstić information content (AvgIpc) is 2.79. The number of aryl methyl sites for hydroxylation is 2. The highest BCUT2D eigenvalue weighted by Crippen LogP contribution is 2.14. The fraction of sp³-hybridized carbons (Fsp3) is 0.583. The van der Waals surface area contributed by atoms with Crippen molar-refractivity contribution in [3.63, 3.8) is 0 Å². The minimum absolute atomic E-state index is 0.0809. The van der Waals surface area contributed by atoms with Crippen molar-refractivity contribution in [1.29, 1.82) is 0 Å². The molecule has 9 heteroatoms. The number of hydrogen-bond acceptors (Lipinski definition) is 6. The second-order valence-electron chi connectivity index (χ2n) is 4.91. The van der Waals surface area contributed by atoms with E-state index in [1.807, 2.05) is 0 Å². The highest BCUT2D eigenvalue weighted by atomic mass is 16.3. The van der Waals surface area contributed by atoms with Crippen LogP contribution in [0.1, 0.15) is 6.42 Å². The lowest BCUT2D eigenvalue weighted by molar-refractivity contribution is 0.228. The molecule has 0 spiro atoms. The molecule has 0 bridgehead atoms. The number of aliphatic hydroxyl groups is 2. The number of nitrogens with zero attached hydrogens (tertiary/aromatic N) is 4. The normalized spacial score (nSPS) is 12.8. The summed E-state index contributed by atoms with van der Waals surface area (Å²) >= 11 is 0. The summed E-state index contributed by atoms with van der Waals surface area (Å²) < 4.78 is 3.85. The Morgan fingerprint density at radius 3 is 2.38 bits per heavy atom. The van der Waals surface area contributed by atoms with E-state index in [4.69, 9.17) is 5.11 Å². The molecule has 0 saturated carbocycles. The van der Waals surface area contributed by atoms with Crippen LogP contribution < -0.4 is 16.6 Å². The molecule has 0 amide bonds. The maximum Gasteiger partial charge on any atom is 0.332 e. The minimum atomic E-state index is -0.453. The third-order valence-corrected chi connectivity index (χ3v) is 3.51. The molecule has 0 saturated heterocycles. The van der Waals surface area contributed by atoms with Gasteiger partial charge in [-0.2, -0.15) is 4.98 Å². The molecule has 2 rings (SSSR count). The molecule has 0 aliphatic heterocycles. The highest BCUT2D eigenvalue weighted by Gasteiger charge is 2.18. The Labute approximate surface area is 120 Å². The first-order chi connectivity index (χ1) is 9.92. The molecule has 1 unspecified atom stereocenters. The second-order valence-corrected chi connectivity index (χ2v) is 4.91. The first kappa shape index (κ1) is 15.3. The first-order valence-corrected chi connectivity index (χ1v) is 6.53. The van der Waals surface area contributed by atoms with Gasteiger partial charge in [0.15, 0.2) is 11.2 Å². The number of anilines is 1. The Kier molecular flexibility index (Phi) is 4.14. The topological polar surface area (TPSA) is 114 Å². The smallest absolute Gasteiger partial charge is 0.332 e. The Bertz CT molecular complexity index is 773. The van der Waals surface area contributed by atoms with Crippen LogP contribution in [0.15, 0.2) is 9.59 Å². The van der Waals surface area contributed by atoms with E-state index in [2.05, 4.69) is 10.3 Å². The Morgan fingerprint density at radius 2 is 1.81 bits per heavy atom. The van der Waals surface area contributed by atoms with Crippen molar-refractivity contribution < 1.29 is 10.2 Å². The molecule has 0 aliphatic carbocycles. The number of hydrogen-bond donors (Lipinski definition) is 3. The van der Waals surface area contributed by atoms with Gasteiger partial charge in [-0.1, -0.05) is 0 Å². The second kappa shape index (κ2) is 5.70. The van der Waals surface area contributed by atoms with E-state index >= 15 is 0 Å². The summed E-state index contributed by atoms with van der Waals surface area (Å²) in [5, 5.41) is 21.1. The molecule has 0 aliphatic rings. The Morgan fingerprint density at radius 1 is 1.14 bits per heavy atom. The molecule has 2 aromatic rings. The predicted octanol–water partition coefficient (Wildman–Crippen LogP) is -1.87. The Hall–Kier alpha value is -2.13. The standard InChI is InChI=1S/C12H19N5O4/c1-15-8-9(16(2)12(21)17(3)10(8)20)14-11(15)13-7(6-19)4-5-18/h7,18-19H,4-6H2,1-3H3,(H,13,14). The molecule has 116 valence electrons. The van der Waals surface area contributed by atoms with Gasteiger partial charge in [0.05, 0.1) is 12.6 Å². The first-order valence-electron chi connectivity index (χ1n) is 6.53. The van der Waals surface area contributed by atoms with Crippen molar-refractivity contribution in [1.82, 2.24) is 18.7 Å². The molecule has 1 atom stereocenters. The molecular formula is C12H19N5O4. The number of aliphatic hydroxyl groups excluding tert-OH is 2. The maximum atomic E-state index is 12.2. The summed E-state index contributed by atoms with van der Waals surface area (Å²) in [5.74, 6) is 0.357. The quantitative estimate of drug-likeness (QED) is 0.595. The van der Waals surface area contributed by atoms with E-state index in [0.717, 1.165) is 4.57 Å². The van der Waals surface area contributed by atoms with Crippen LogP contribution in [0.5, 0.6) is 0 Å². The fourth-order valence-electron chi connectivity index (χ4n) is 2.20. The van der Waals surface area contributed by atoms with Crippen molar-refractivity contribution in [3.05, 3.63) is 20.8 Å². The van der Waals surface area contributed by atoms with Gasteiger partial charge in [-0.15, -0.1) is 0 Å². The summed E-state index contributed by atoms with van der Waals surface area (Å²) in [5.41, 5.74) is -0.318. The lowest BCUT2D eigenvalue weighted by Gasteiger charge is -2.15. The molecule has 0 aromatic carbocycles. The van der Waals surface area contributed by atoms with E-state index in [9.17, 15) is 14.7 Å². The van der Waals surface area contributed by atoms with Crippen molar-refractivity contribution in [3.8, 4) is 0 Å². The van der Waals surface area contributed by atoms with Crippen LogP contribution in [0.3, 0.4) is 0 Å². The molecule has 0 fully saturated rings. The molecular weight excluding hydrogens is 278 g/mol. The van der Waals surface area contributed by atoms with Crippen molar-refractivity contribution in [2.75, 3.05) is 18.5 Å². The SMILES string of the molecule is Cn1c(=O)c2c(nc(NC(CO)CCO)n2C)n(C)c1=O. The van der Waals surface area contributed by atoms with Crippen molar-refractivity contribution >= 4 is 17.1 Å². The minimum Gasteiger partial charge on any atom is -0.396 e. The van der Waals surface area contributed by atoms with Gasteiger partial charge in [0.2, 0.25) is 5.95 Å². The third kappa shape index (κ3) is 2.45. The number of rotatable bonds is 5. The number of fused-ring (bicyclic) bond motifs is 1. The van der Waals surface area contributed by atoms with Crippen molar-refractivity contribution in [2.24, 2.45) is 21.1 Å². The lowest BCUT2D eigenvalue weighted by atomic mass is 10.2. The van der Waals surface area contributed by atoms with Crippen LogP contribution in [-0.4, -0.2) is 48.2 Å². The van der Waals surface area contributed by atoms with E-state index in [0.29, 0.717) is 17.9 Å². The van der Waals surface area contributed by atoms with Gasteiger partial charge in [0.1, 0.15) is 0 Å². The molecule has 21 heavy (non-hydrogen) atoms. The summed E-state index contributed by atoms with van der Waals surface area (Å²) in [4.78, 5) is 28.3. The fourth-order valence-corrected chi connectivity index (χ4v) is 2.20. The van der Waals surface area contributed by atoms with Crippen LogP contribution in [0.4, 0.5) is 5.95 Å². The lowest BCUT2D eigenvalue weighted by Crippen LogP contribution is -2.37. The largest absolute Gasteiger partial charge is 0.396 e. The zero-order valence-corrected chi connectivity index (χ0v) is 12.2. The highest BCUT2D eigenvalue weighted by molar-refractivity contribution is 5.74. The van der Waals surface area contributed by atoms with Crippen LogP contribution in [0.25, 0.3) is 11.2 Å². The van der Waals surface area contributed by atoms with Gasteiger partial charge in [-0.25, -0.2) is 4.79 Å². The van der Waals surface area contributed by atoms with Gasteiger partial charge in [-0.05, 0) is 6.42 Å². The molecule has 3 N–H and O–H groups in total. The molecule has 9 nitrogen and oxygen atoms in total. The monoisotopic (exact) mass is 297 g/mol. The predicted molar refractivity (Wildman–Crippen MR) is 77.4 cm³/mol. The van der Waals surface area contributed by atoms with Gasteiger partial charge in [0.25, 0.3) is 5.56 Å². The molecule has 2 aromatic heterocycles. The van der Waals surface area contributed by atoms with Gasteiger partial charge >= 0.3 is 5.69 Å². The number of nitrogens with one attached hydrogen (secondary N) is 1. The summed E-state index contributed by atoms with van der Waals surface area (Å²) in [7, 11) is 4.60. The summed E-state index contributed by atoms with van der Waals surface area (Å²) in [6.45, 7) is -0.261. The van der Waals surface area contributed by atoms with E-state index < -0.39 is 11.2 Å². The van der Waals surface area contributed by atoms with Gasteiger partial charge in [-0.3, -0.25) is 13.9 Å². The summed E-state index contributed by atoms with van der Waals surface area (Å²) in [6.07, 6.45) is 0.344. The average molecular weight is 297 g/mol. The van der Waals surface area contributed by atoms with Crippen molar-refractivity contribution in [2.45, 2.75) is 12.5 Å². The van der Waals surface area contributed by atoms with Crippen LogP contribution >= 0.6 is 0 Å². The zero-order valence-electron chi connectivity index (χ0n) is 12.2. The van der Waals surface area contributed by atoms with E-state index in [1.54, 1.807) is 7.05 Å². The molecule has 0 radical (unpaired) electrons. The van der Waals surface area contributed by atoms with Crippen LogP contribution in [0.2, 0.25) is 0 Å². The van der Waals surface area contributed by atoms with E-state index in [-0.39, 0.29) is 24.9 Å². The zero-order chi connectivity index (χ0) is 15.7. The summed E-state index contributed by atoms with van der Waals surface area (Å²) in [6, 6.07) is -0.383. The third-order valence-electron chi connectivity index (χ3n) is 3.51. The van der Waals surface area contributed by atoms with Crippen LogP contribution in [-0.2, 0) is 21.1 Å². The van der Waals surface area contributed by atoms with Crippen LogP contribution in [0, 0.1) is 0 Å². The van der Waals surface area contributed by atoms with E-state index in [1.165, 1.54) is 23.2 Å². The Balaban J connectivity index is 2.61.